The standard InChI is InChI=1S/C14H20ClNO3S/c15-8-19-14-9-6-11-12(7-9)20(17,18)16(13(11)14)10-4-2-1-3-5-10/h7,9-11,13-14H,1-6,8H2. The first-order chi connectivity index (χ1) is 9.64. The molecule has 1 saturated heterocycles. The molecule has 0 aromatic heterocycles. The van der Waals surface area contributed by atoms with Gasteiger partial charge in [-0.3, -0.25) is 0 Å². The van der Waals surface area contributed by atoms with Crippen molar-refractivity contribution in [2.75, 3.05) is 6.07 Å². The van der Waals surface area contributed by atoms with E-state index in [1.165, 1.54) is 6.42 Å². The maximum absolute atomic E-state index is 12.8. The first-order valence-electron chi connectivity index (χ1n) is 7.57. The van der Waals surface area contributed by atoms with Crippen LogP contribution in [0, 0.1) is 11.8 Å². The second-order valence-electron chi connectivity index (χ2n) is 6.43. The molecular formula is C14H20ClNO3S. The predicted octanol–water partition coefficient (Wildman–Crippen LogP) is 2.45. The molecular weight excluding hydrogens is 298 g/mol. The van der Waals surface area contributed by atoms with Gasteiger partial charge in [0.15, 0.2) is 0 Å². The molecule has 0 aromatic rings. The monoisotopic (exact) mass is 317 g/mol. The summed E-state index contributed by atoms with van der Waals surface area (Å²) in [5.41, 5.74) is 0. The van der Waals surface area contributed by atoms with E-state index in [4.69, 9.17) is 16.3 Å². The van der Waals surface area contributed by atoms with Gasteiger partial charge in [-0.05, 0) is 19.3 Å². The fourth-order valence-corrected chi connectivity index (χ4v) is 7.33. The van der Waals surface area contributed by atoms with Gasteiger partial charge in [0.1, 0.15) is 6.07 Å². The van der Waals surface area contributed by atoms with Crippen molar-refractivity contribution in [2.24, 2.45) is 11.8 Å². The molecule has 4 unspecified atom stereocenters. The molecule has 20 heavy (non-hydrogen) atoms. The summed E-state index contributed by atoms with van der Waals surface area (Å²) in [6.07, 6.45) is 8.31. The lowest BCUT2D eigenvalue weighted by Crippen LogP contribution is -2.48. The van der Waals surface area contributed by atoms with Crippen molar-refractivity contribution in [3.05, 3.63) is 11.0 Å². The number of alkyl halides is 1. The van der Waals surface area contributed by atoms with E-state index in [0.717, 1.165) is 32.1 Å². The molecule has 2 bridgehead atoms. The second-order valence-corrected chi connectivity index (χ2v) is 8.49. The third-order valence-corrected chi connectivity index (χ3v) is 7.76. The molecule has 4 rings (SSSR count). The number of rotatable bonds is 3. The van der Waals surface area contributed by atoms with Crippen LogP contribution >= 0.6 is 11.6 Å². The van der Waals surface area contributed by atoms with Gasteiger partial charge < -0.3 is 4.74 Å². The Labute approximate surface area is 125 Å². The van der Waals surface area contributed by atoms with E-state index < -0.39 is 10.0 Å². The highest BCUT2D eigenvalue weighted by atomic mass is 35.5. The van der Waals surface area contributed by atoms with Gasteiger partial charge >= 0.3 is 0 Å². The van der Waals surface area contributed by atoms with Crippen molar-refractivity contribution >= 4 is 21.6 Å². The van der Waals surface area contributed by atoms with Crippen LogP contribution in [0.25, 0.3) is 0 Å². The van der Waals surface area contributed by atoms with Crippen molar-refractivity contribution in [3.63, 3.8) is 0 Å². The van der Waals surface area contributed by atoms with Gasteiger partial charge in [0.2, 0.25) is 10.0 Å². The van der Waals surface area contributed by atoms with Gasteiger partial charge in [-0.15, -0.1) is 0 Å². The Kier molecular flexibility index (Phi) is 3.18. The van der Waals surface area contributed by atoms with Crippen molar-refractivity contribution in [2.45, 2.75) is 56.7 Å². The third-order valence-electron chi connectivity index (χ3n) is 5.50. The molecule has 1 aliphatic heterocycles. The van der Waals surface area contributed by atoms with Gasteiger partial charge in [-0.1, -0.05) is 36.9 Å². The zero-order valence-electron chi connectivity index (χ0n) is 11.4. The van der Waals surface area contributed by atoms with Gasteiger partial charge in [-0.2, -0.15) is 4.31 Å². The van der Waals surface area contributed by atoms with Gasteiger partial charge in [0.25, 0.3) is 0 Å². The Morgan fingerprint density at radius 1 is 1.30 bits per heavy atom. The molecule has 4 nitrogen and oxygen atoms in total. The van der Waals surface area contributed by atoms with Crippen LogP contribution in [0.2, 0.25) is 0 Å². The second kappa shape index (κ2) is 4.70. The summed E-state index contributed by atoms with van der Waals surface area (Å²) in [5.74, 6) is 0.391. The molecule has 0 radical (unpaired) electrons. The van der Waals surface area contributed by atoms with E-state index in [0.29, 0.717) is 4.91 Å². The van der Waals surface area contributed by atoms with E-state index >= 15 is 0 Å². The summed E-state index contributed by atoms with van der Waals surface area (Å²) in [7, 11) is -3.25. The molecule has 0 amide bonds. The number of hydrogen-bond acceptors (Lipinski definition) is 3. The van der Waals surface area contributed by atoms with Crippen LogP contribution in [-0.4, -0.2) is 37.0 Å². The summed E-state index contributed by atoms with van der Waals surface area (Å²) in [5, 5.41) is 0. The minimum atomic E-state index is -3.25. The highest BCUT2D eigenvalue weighted by molar-refractivity contribution is 7.93. The van der Waals surface area contributed by atoms with E-state index in [-0.39, 0.29) is 36.1 Å². The first-order valence-corrected chi connectivity index (χ1v) is 9.55. The highest BCUT2D eigenvalue weighted by Gasteiger charge is 2.63. The first kappa shape index (κ1) is 13.6. The molecule has 1 heterocycles. The molecule has 112 valence electrons. The Balaban J connectivity index is 1.72. The lowest BCUT2D eigenvalue weighted by Gasteiger charge is -2.36. The maximum atomic E-state index is 12.8. The molecule has 0 N–H and O–H groups in total. The number of hydrogen-bond donors (Lipinski definition) is 0. The predicted molar refractivity (Wildman–Crippen MR) is 76.7 cm³/mol. The summed E-state index contributed by atoms with van der Waals surface area (Å²) in [6.45, 7) is 0. The molecule has 2 saturated carbocycles. The van der Waals surface area contributed by atoms with Crippen molar-refractivity contribution in [1.29, 1.82) is 0 Å². The minimum Gasteiger partial charge on any atom is -0.360 e. The molecule has 4 aliphatic rings. The van der Waals surface area contributed by atoms with E-state index in [1.54, 1.807) is 0 Å². The SMILES string of the molecule is O=S1(=O)C2=CC3CC2C(C3OCCl)N1C1CCCCC1. The average molecular weight is 318 g/mol. The topological polar surface area (TPSA) is 46.6 Å². The summed E-state index contributed by atoms with van der Waals surface area (Å²) in [4.78, 5) is 0.674. The lowest BCUT2D eigenvalue weighted by atomic mass is 9.92. The molecule has 4 atom stereocenters. The van der Waals surface area contributed by atoms with Crippen LogP contribution in [0.5, 0.6) is 0 Å². The van der Waals surface area contributed by atoms with Crippen LogP contribution in [0.15, 0.2) is 11.0 Å². The van der Waals surface area contributed by atoms with Gasteiger partial charge in [0.05, 0.1) is 17.1 Å². The maximum Gasteiger partial charge on any atom is 0.239 e. The zero-order valence-corrected chi connectivity index (χ0v) is 12.9. The number of halogens is 1. The van der Waals surface area contributed by atoms with Crippen LogP contribution in [0.3, 0.4) is 0 Å². The summed E-state index contributed by atoms with van der Waals surface area (Å²) in [6, 6.07) is 0.323. The molecule has 6 heteroatoms. The molecule has 0 spiro atoms. The van der Waals surface area contributed by atoms with Crippen molar-refractivity contribution in [3.8, 4) is 0 Å². The van der Waals surface area contributed by atoms with Gasteiger partial charge in [-0.25, -0.2) is 8.42 Å². The van der Waals surface area contributed by atoms with E-state index in [9.17, 15) is 8.42 Å². The fraction of sp³-hybridized carbons (Fsp3) is 0.857. The minimum absolute atomic E-state index is 0.00634. The molecule has 3 fully saturated rings. The van der Waals surface area contributed by atoms with Crippen molar-refractivity contribution in [1.82, 2.24) is 4.31 Å². The average Bonchev–Trinajstić information content (AvgIpc) is 3.04. The molecule has 0 aromatic carbocycles. The molecule has 3 aliphatic carbocycles. The number of sulfonamides is 1. The van der Waals surface area contributed by atoms with Crippen LogP contribution < -0.4 is 0 Å². The van der Waals surface area contributed by atoms with Gasteiger partial charge in [0, 0.05) is 17.9 Å². The Bertz CT molecular complexity index is 541. The Morgan fingerprint density at radius 2 is 2.05 bits per heavy atom. The number of nitrogens with zero attached hydrogens (tertiary/aromatic N) is 1. The number of ether oxygens (including phenoxy) is 1. The smallest absolute Gasteiger partial charge is 0.239 e. The van der Waals surface area contributed by atoms with E-state index in [2.05, 4.69) is 0 Å². The fourth-order valence-electron chi connectivity index (χ4n) is 4.78. The largest absolute Gasteiger partial charge is 0.360 e. The van der Waals surface area contributed by atoms with Crippen LogP contribution in [0.1, 0.15) is 38.5 Å². The summed E-state index contributed by atoms with van der Waals surface area (Å²) >= 11 is 5.75. The zero-order chi connectivity index (χ0) is 13.9. The quantitative estimate of drug-likeness (QED) is 0.751. The third kappa shape index (κ3) is 1.70. The van der Waals surface area contributed by atoms with Crippen molar-refractivity contribution < 1.29 is 13.2 Å². The Morgan fingerprint density at radius 3 is 2.75 bits per heavy atom. The Hall–Kier alpha value is -0.100. The van der Waals surface area contributed by atoms with E-state index in [1.807, 2.05) is 10.4 Å². The normalized spacial score (nSPS) is 43.1. The summed E-state index contributed by atoms with van der Waals surface area (Å²) < 4.78 is 33.2. The van der Waals surface area contributed by atoms with Crippen LogP contribution in [0.4, 0.5) is 0 Å². The van der Waals surface area contributed by atoms with Crippen LogP contribution in [-0.2, 0) is 14.8 Å². The number of fused-ring (bicyclic) bond motifs is 1. The highest BCUT2D eigenvalue weighted by Crippen LogP contribution is 2.57. The lowest BCUT2D eigenvalue weighted by molar-refractivity contribution is 0.0158.